The van der Waals surface area contributed by atoms with Crippen molar-refractivity contribution in [1.82, 2.24) is 10.1 Å². The Morgan fingerprint density at radius 3 is 2.75 bits per heavy atom. The lowest BCUT2D eigenvalue weighted by atomic mass is 10.1. The predicted octanol–water partition coefficient (Wildman–Crippen LogP) is 5.03. The molecule has 2 heterocycles. The van der Waals surface area contributed by atoms with Gasteiger partial charge in [-0.05, 0) is 19.1 Å². The van der Waals surface area contributed by atoms with Gasteiger partial charge in [0.05, 0.1) is 12.8 Å². The van der Waals surface area contributed by atoms with Crippen LogP contribution in [0.4, 0.5) is 5.13 Å². The van der Waals surface area contributed by atoms with Crippen LogP contribution < -0.4 is 10.1 Å². The summed E-state index contributed by atoms with van der Waals surface area (Å²) < 4.78 is 10.7. The van der Waals surface area contributed by atoms with Crippen LogP contribution in [0.5, 0.6) is 5.75 Å². The number of methoxy groups -OCH3 is 1. The molecule has 28 heavy (non-hydrogen) atoms. The normalized spacial score (nSPS) is 10.6. The van der Waals surface area contributed by atoms with Gasteiger partial charge in [-0.15, -0.1) is 11.3 Å². The fourth-order valence-electron chi connectivity index (χ4n) is 2.76. The fourth-order valence-corrected chi connectivity index (χ4v) is 3.46. The van der Waals surface area contributed by atoms with Gasteiger partial charge in [0.25, 0.3) is 5.91 Å². The molecular weight excluding hydrogens is 374 g/mol. The summed E-state index contributed by atoms with van der Waals surface area (Å²) in [7, 11) is 1.62. The molecule has 0 bridgehead atoms. The zero-order valence-electron chi connectivity index (χ0n) is 15.3. The number of hydrogen-bond acceptors (Lipinski definition) is 6. The van der Waals surface area contributed by atoms with Gasteiger partial charge in [0.15, 0.2) is 16.6 Å². The van der Waals surface area contributed by atoms with Crippen LogP contribution in [0.2, 0.25) is 0 Å². The maximum Gasteiger partial charge on any atom is 0.279 e. The van der Waals surface area contributed by atoms with Gasteiger partial charge in [0, 0.05) is 22.6 Å². The molecule has 1 N–H and O–H groups in total. The van der Waals surface area contributed by atoms with Crippen molar-refractivity contribution >= 4 is 22.4 Å². The van der Waals surface area contributed by atoms with Gasteiger partial charge in [-0.2, -0.15) is 0 Å². The topological polar surface area (TPSA) is 77.2 Å². The third-order valence-electron chi connectivity index (χ3n) is 4.16. The van der Waals surface area contributed by atoms with Crippen LogP contribution in [-0.2, 0) is 0 Å². The lowest BCUT2D eigenvalue weighted by molar-refractivity contribution is 0.101. The molecule has 1 amide bonds. The molecule has 2 aromatic heterocycles. The van der Waals surface area contributed by atoms with Crippen molar-refractivity contribution in [3.05, 3.63) is 71.2 Å². The second kappa shape index (κ2) is 7.66. The Morgan fingerprint density at radius 2 is 1.96 bits per heavy atom. The van der Waals surface area contributed by atoms with Gasteiger partial charge in [-0.25, -0.2) is 4.98 Å². The van der Waals surface area contributed by atoms with Gasteiger partial charge in [-0.3, -0.25) is 10.1 Å². The minimum absolute atomic E-state index is 0.198. The number of rotatable bonds is 5. The molecule has 4 aromatic rings. The molecule has 6 nitrogen and oxygen atoms in total. The molecule has 4 rings (SSSR count). The zero-order chi connectivity index (χ0) is 19.5. The monoisotopic (exact) mass is 391 g/mol. The summed E-state index contributed by atoms with van der Waals surface area (Å²) in [6, 6.07) is 17.0. The van der Waals surface area contributed by atoms with Gasteiger partial charge in [0.1, 0.15) is 5.75 Å². The van der Waals surface area contributed by atoms with Crippen molar-refractivity contribution in [3.63, 3.8) is 0 Å². The van der Waals surface area contributed by atoms with E-state index in [4.69, 9.17) is 9.26 Å². The number of hydrogen-bond donors (Lipinski definition) is 1. The Kier molecular flexibility index (Phi) is 4.90. The molecule has 0 unspecified atom stereocenters. The van der Waals surface area contributed by atoms with E-state index in [9.17, 15) is 4.79 Å². The molecule has 140 valence electrons. The lowest BCUT2D eigenvalue weighted by Crippen LogP contribution is -2.11. The second-order valence-electron chi connectivity index (χ2n) is 6.14. The highest BCUT2D eigenvalue weighted by Crippen LogP contribution is 2.33. The lowest BCUT2D eigenvalue weighted by Gasteiger charge is -2.07. The largest absolute Gasteiger partial charge is 0.496 e. The summed E-state index contributed by atoms with van der Waals surface area (Å²) in [6.45, 7) is 2.01. The quantitative estimate of drug-likeness (QED) is 0.516. The van der Waals surface area contributed by atoms with E-state index in [1.54, 1.807) is 13.2 Å². The van der Waals surface area contributed by atoms with E-state index in [0.29, 0.717) is 10.9 Å². The molecule has 0 aliphatic rings. The summed E-state index contributed by atoms with van der Waals surface area (Å²) in [5.41, 5.74) is 3.78. The number of thiazole rings is 1. The van der Waals surface area contributed by atoms with Crippen molar-refractivity contribution in [3.8, 4) is 28.3 Å². The van der Waals surface area contributed by atoms with E-state index in [1.807, 2.05) is 60.8 Å². The number of anilines is 1. The van der Waals surface area contributed by atoms with Gasteiger partial charge < -0.3 is 9.26 Å². The minimum Gasteiger partial charge on any atom is -0.496 e. The smallest absolute Gasteiger partial charge is 0.279 e. The first-order chi connectivity index (χ1) is 13.6. The number of nitrogens with one attached hydrogen (secondary N) is 1. The van der Waals surface area contributed by atoms with E-state index in [-0.39, 0.29) is 11.6 Å². The number of benzene rings is 2. The molecule has 0 radical (unpaired) electrons. The standard InChI is InChI=1S/C21H17N3O3S/c1-13-8-9-18(26-2)15(10-13)17-12-28-21(22-17)23-20(25)16-11-19(27-24-16)14-6-4-3-5-7-14/h3-12H,1-2H3,(H,22,23,25). The summed E-state index contributed by atoms with van der Waals surface area (Å²) in [4.78, 5) is 17.0. The van der Waals surface area contributed by atoms with Crippen molar-refractivity contribution < 1.29 is 14.1 Å². The number of nitrogens with zero attached hydrogens (tertiary/aromatic N) is 2. The van der Waals surface area contributed by atoms with Gasteiger partial charge >= 0.3 is 0 Å². The fraction of sp³-hybridized carbons (Fsp3) is 0.0952. The summed E-state index contributed by atoms with van der Waals surface area (Å²) in [5, 5.41) is 8.99. The van der Waals surface area contributed by atoms with E-state index < -0.39 is 0 Å². The Labute approximate surface area is 165 Å². The predicted molar refractivity (Wildman–Crippen MR) is 109 cm³/mol. The van der Waals surface area contributed by atoms with Crippen LogP contribution in [-0.4, -0.2) is 23.2 Å². The van der Waals surface area contributed by atoms with Crippen LogP contribution >= 0.6 is 11.3 Å². The van der Waals surface area contributed by atoms with Crippen molar-refractivity contribution in [1.29, 1.82) is 0 Å². The van der Waals surface area contributed by atoms with Crippen molar-refractivity contribution in [2.24, 2.45) is 0 Å². The molecule has 2 aromatic carbocycles. The molecule has 0 saturated carbocycles. The van der Waals surface area contributed by atoms with Crippen LogP contribution in [0.1, 0.15) is 16.1 Å². The number of amides is 1. The number of carbonyl (C=O) groups is 1. The number of aromatic nitrogens is 2. The van der Waals surface area contributed by atoms with Gasteiger partial charge in [-0.1, -0.05) is 47.1 Å². The van der Waals surface area contributed by atoms with Crippen LogP contribution in [0.3, 0.4) is 0 Å². The Hall–Kier alpha value is -3.45. The Balaban J connectivity index is 1.53. The van der Waals surface area contributed by atoms with Crippen molar-refractivity contribution in [2.75, 3.05) is 12.4 Å². The Bertz CT molecular complexity index is 1120. The molecule has 0 saturated heterocycles. The molecular formula is C21H17N3O3S. The van der Waals surface area contributed by atoms with E-state index in [0.717, 1.165) is 28.1 Å². The van der Waals surface area contributed by atoms with E-state index in [2.05, 4.69) is 15.5 Å². The Morgan fingerprint density at radius 1 is 1.14 bits per heavy atom. The molecule has 0 aliphatic carbocycles. The third kappa shape index (κ3) is 3.65. The molecule has 0 atom stereocenters. The van der Waals surface area contributed by atoms with Crippen LogP contribution in [0, 0.1) is 6.92 Å². The summed E-state index contributed by atoms with van der Waals surface area (Å²) in [5.74, 6) is 0.899. The average molecular weight is 391 g/mol. The third-order valence-corrected chi connectivity index (χ3v) is 4.91. The van der Waals surface area contributed by atoms with Crippen molar-refractivity contribution in [2.45, 2.75) is 6.92 Å². The number of carbonyl (C=O) groups excluding carboxylic acids is 1. The highest BCUT2D eigenvalue weighted by molar-refractivity contribution is 7.14. The number of aryl methyl sites for hydroxylation is 1. The zero-order valence-corrected chi connectivity index (χ0v) is 16.1. The summed E-state index contributed by atoms with van der Waals surface area (Å²) in [6.07, 6.45) is 0. The second-order valence-corrected chi connectivity index (χ2v) is 7.00. The first kappa shape index (κ1) is 17.9. The first-order valence-electron chi connectivity index (χ1n) is 8.58. The van der Waals surface area contributed by atoms with E-state index >= 15 is 0 Å². The SMILES string of the molecule is COc1ccc(C)cc1-c1csc(NC(=O)c2cc(-c3ccccc3)on2)n1. The van der Waals surface area contributed by atoms with Crippen LogP contribution in [0.15, 0.2) is 64.5 Å². The maximum atomic E-state index is 12.5. The number of ether oxygens (including phenoxy) is 1. The molecule has 0 aliphatic heterocycles. The summed E-state index contributed by atoms with van der Waals surface area (Å²) >= 11 is 1.34. The first-order valence-corrected chi connectivity index (χ1v) is 9.46. The molecule has 0 spiro atoms. The van der Waals surface area contributed by atoms with Gasteiger partial charge in [0.2, 0.25) is 0 Å². The highest BCUT2D eigenvalue weighted by atomic mass is 32.1. The maximum absolute atomic E-state index is 12.5. The van der Waals surface area contributed by atoms with E-state index in [1.165, 1.54) is 11.3 Å². The van der Waals surface area contributed by atoms with Crippen LogP contribution in [0.25, 0.3) is 22.6 Å². The molecule has 7 heteroatoms. The highest BCUT2D eigenvalue weighted by Gasteiger charge is 2.16. The molecule has 0 fully saturated rings. The minimum atomic E-state index is -0.372. The average Bonchev–Trinajstić information content (AvgIpc) is 3.38.